The second kappa shape index (κ2) is 5.78. The van der Waals surface area contributed by atoms with Gasteiger partial charge in [0.1, 0.15) is 23.0 Å². The van der Waals surface area contributed by atoms with Crippen LogP contribution >= 0.6 is 15.9 Å². The minimum absolute atomic E-state index is 0.0543. The van der Waals surface area contributed by atoms with Gasteiger partial charge in [0.25, 0.3) is 5.56 Å². The van der Waals surface area contributed by atoms with Crippen molar-refractivity contribution in [3.63, 3.8) is 0 Å². The molecule has 0 amide bonds. The highest BCUT2D eigenvalue weighted by Crippen LogP contribution is 2.24. The van der Waals surface area contributed by atoms with E-state index in [4.69, 9.17) is 5.73 Å². The number of nitrogens with zero attached hydrogens (tertiary/aromatic N) is 3. The largest absolute Gasteiger partial charge is 0.322 e. The zero-order valence-electron chi connectivity index (χ0n) is 11.9. The van der Waals surface area contributed by atoms with Gasteiger partial charge in [-0.2, -0.15) is 0 Å². The normalized spacial score (nSPS) is 12.6. The van der Waals surface area contributed by atoms with Gasteiger partial charge in [-0.15, -0.1) is 0 Å². The molecule has 23 heavy (non-hydrogen) atoms. The maximum absolute atomic E-state index is 14.0. The fourth-order valence-corrected chi connectivity index (χ4v) is 2.80. The lowest BCUT2D eigenvalue weighted by atomic mass is 10.2. The fraction of sp³-hybridized carbons (Fsp3) is 0.133. The van der Waals surface area contributed by atoms with Crippen LogP contribution < -0.4 is 11.3 Å². The molecule has 0 spiro atoms. The highest BCUT2D eigenvalue weighted by atomic mass is 79.9. The second-order valence-electron chi connectivity index (χ2n) is 5.01. The molecule has 2 aromatic heterocycles. The summed E-state index contributed by atoms with van der Waals surface area (Å²) in [7, 11) is 0. The number of nitrogens with two attached hydrogens (primary N) is 1. The third-order valence-corrected chi connectivity index (χ3v) is 3.97. The van der Waals surface area contributed by atoms with Crippen LogP contribution in [-0.4, -0.2) is 14.5 Å². The summed E-state index contributed by atoms with van der Waals surface area (Å²) in [6, 6.07) is 3.09. The van der Waals surface area contributed by atoms with Crippen molar-refractivity contribution in [1.82, 2.24) is 14.5 Å². The highest BCUT2D eigenvalue weighted by molar-refractivity contribution is 9.10. The van der Waals surface area contributed by atoms with Crippen LogP contribution in [0.3, 0.4) is 0 Å². The molecule has 0 fully saturated rings. The molecule has 3 aromatic rings. The van der Waals surface area contributed by atoms with Gasteiger partial charge in [0.15, 0.2) is 0 Å². The molecule has 0 saturated carbocycles. The first-order valence-corrected chi connectivity index (χ1v) is 7.46. The molecule has 8 heteroatoms. The van der Waals surface area contributed by atoms with Gasteiger partial charge in [-0.1, -0.05) is 0 Å². The number of hydrogen-bond acceptors (Lipinski definition) is 4. The van der Waals surface area contributed by atoms with Crippen LogP contribution in [0.4, 0.5) is 8.78 Å². The minimum atomic E-state index is -0.672. The van der Waals surface area contributed by atoms with E-state index < -0.39 is 23.2 Å². The smallest absolute Gasteiger partial charge is 0.267 e. The summed E-state index contributed by atoms with van der Waals surface area (Å²) in [6.45, 7) is 1.60. The van der Waals surface area contributed by atoms with E-state index in [0.717, 1.165) is 16.8 Å². The van der Waals surface area contributed by atoms with Gasteiger partial charge < -0.3 is 5.73 Å². The molecule has 0 unspecified atom stereocenters. The van der Waals surface area contributed by atoms with Gasteiger partial charge in [-0.25, -0.2) is 13.8 Å². The summed E-state index contributed by atoms with van der Waals surface area (Å²) in [5.74, 6) is -1.12. The predicted molar refractivity (Wildman–Crippen MR) is 85.4 cm³/mol. The zero-order chi connectivity index (χ0) is 16.7. The minimum Gasteiger partial charge on any atom is -0.322 e. The molecule has 0 radical (unpaired) electrons. The van der Waals surface area contributed by atoms with Gasteiger partial charge in [0.2, 0.25) is 0 Å². The fourth-order valence-electron chi connectivity index (χ4n) is 2.31. The lowest BCUT2D eigenvalue weighted by Crippen LogP contribution is -2.28. The van der Waals surface area contributed by atoms with Crippen molar-refractivity contribution in [2.75, 3.05) is 0 Å². The van der Waals surface area contributed by atoms with E-state index in [0.29, 0.717) is 4.47 Å². The highest BCUT2D eigenvalue weighted by Gasteiger charge is 2.19. The van der Waals surface area contributed by atoms with Gasteiger partial charge in [-0.3, -0.25) is 14.3 Å². The molecule has 118 valence electrons. The van der Waals surface area contributed by atoms with Crippen LogP contribution in [0.25, 0.3) is 16.6 Å². The Hall–Kier alpha value is -2.19. The summed E-state index contributed by atoms with van der Waals surface area (Å²) in [5.41, 5.74) is 5.40. The lowest BCUT2D eigenvalue weighted by Gasteiger charge is -2.16. The maximum atomic E-state index is 14.0. The number of fused-ring (bicyclic) bond motifs is 1. The first-order chi connectivity index (χ1) is 10.9. The Kier molecular flexibility index (Phi) is 3.95. The van der Waals surface area contributed by atoms with Crippen LogP contribution in [0.2, 0.25) is 0 Å². The van der Waals surface area contributed by atoms with Crippen molar-refractivity contribution in [2.24, 2.45) is 5.73 Å². The van der Waals surface area contributed by atoms with E-state index in [9.17, 15) is 13.6 Å². The molecular weight excluding hydrogens is 370 g/mol. The van der Waals surface area contributed by atoms with Gasteiger partial charge in [0.05, 0.1) is 29.5 Å². The van der Waals surface area contributed by atoms with Crippen molar-refractivity contribution in [2.45, 2.75) is 13.0 Å². The van der Waals surface area contributed by atoms with Gasteiger partial charge in [0, 0.05) is 10.5 Å². The van der Waals surface area contributed by atoms with Crippen molar-refractivity contribution in [3.05, 3.63) is 62.9 Å². The Bertz CT molecular complexity index is 972. The molecule has 2 N–H and O–H groups in total. The molecule has 3 rings (SSSR count). The van der Waals surface area contributed by atoms with E-state index >= 15 is 0 Å². The monoisotopic (exact) mass is 380 g/mol. The maximum Gasteiger partial charge on any atom is 0.267 e. The Morgan fingerprint density at radius 3 is 2.70 bits per heavy atom. The molecule has 1 aromatic carbocycles. The van der Waals surface area contributed by atoms with Crippen molar-refractivity contribution >= 4 is 26.8 Å². The standard InChI is InChI=1S/C15H11BrF2N4O/c1-7(19)14-21-13-11(18)3-2-10(16)12(13)15(23)22(14)9-4-8(17)5-20-6-9/h2-7H,19H2,1H3/t7-/m0/s1. The molecule has 5 nitrogen and oxygen atoms in total. The topological polar surface area (TPSA) is 73.8 Å². The predicted octanol–water partition coefficient (Wildman–Crippen LogP) is 2.84. The average molecular weight is 381 g/mol. The number of aromatic nitrogens is 3. The van der Waals surface area contributed by atoms with Gasteiger partial charge in [-0.05, 0) is 35.0 Å². The van der Waals surface area contributed by atoms with Crippen LogP contribution in [-0.2, 0) is 0 Å². The quantitative estimate of drug-likeness (QED) is 0.741. The first kappa shape index (κ1) is 15.7. The van der Waals surface area contributed by atoms with E-state index in [1.54, 1.807) is 6.92 Å². The summed E-state index contributed by atoms with van der Waals surface area (Å²) in [5, 5.41) is 0.0543. The van der Waals surface area contributed by atoms with Crippen molar-refractivity contribution in [3.8, 4) is 5.69 Å². The summed E-state index contributed by atoms with van der Waals surface area (Å²) >= 11 is 3.22. The number of rotatable bonds is 2. The van der Waals surface area contributed by atoms with E-state index in [1.165, 1.54) is 18.3 Å². The van der Waals surface area contributed by atoms with Crippen LogP contribution in [0, 0.1) is 11.6 Å². The molecule has 0 aliphatic carbocycles. The van der Waals surface area contributed by atoms with Crippen molar-refractivity contribution in [1.29, 1.82) is 0 Å². The SMILES string of the molecule is C[C@H](N)c1nc2c(F)ccc(Br)c2c(=O)n1-c1cncc(F)c1. The van der Waals surface area contributed by atoms with Crippen LogP contribution in [0.1, 0.15) is 18.8 Å². The molecule has 0 aliphatic rings. The Balaban J connectivity index is 2.50. The first-order valence-electron chi connectivity index (χ1n) is 6.67. The van der Waals surface area contributed by atoms with E-state index in [2.05, 4.69) is 25.9 Å². The van der Waals surface area contributed by atoms with Gasteiger partial charge >= 0.3 is 0 Å². The number of pyridine rings is 1. The zero-order valence-corrected chi connectivity index (χ0v) is 13.5. The third-order valence-electron chi connectivity index (χ3n) is 3.31. The number of halogens is 3. The average Bonchev–Trinajstić information content (AvgIpc) is 2.50. The molecular formula is C15H11BrF2N4O. The summed E-state index contributed by atoms with van der Waals surface area (Å²) < 4.78 is 29.1. The third kappa shape index (κ3) is 2.64. The summed E-state index contributed by atoms with van der Waals surface area (Å²) in [4.78, 5) is 20.8. The molecule has 2 heterocycles. The molecule has 0 bridgehead atoms. The van der Waals surface area contributed by atoms with E-state index in [1.807, 2.05) is 0 Å². The van der Waals surface area contributed by atoms with Crippen LogP contribution in [0.5, 0.6) is 0 Å². The molecule has 0 saturated heterocycles. The lowest BCUT2D eigenvalue weighted by molar-refractivity contribution is 0.615. The Morgan fingerprint density at radius 2 is 2.04 bits per heavy atom. The van der Waals surface area contributed by atoms with Crippen LogP contribution in [0.15, 0.2) is 39.9 Å². The summed E-state index contributed by atoms with van der Waals surface area (Å²) in [6.07, 6.45) is 2.33. The Labute approximate surface area is 137 Å². The van der Waals surface area contributed by atoms with E-state index in [-0.39, 0.29) is 22.4 Å². The second-order valence-corrected chi connectivity index (χ2v) is 5.87. The number of benzene rings is 1. The molecule has 1 atom stereocenters. The van der Waals surface area contributed by atoms with Crippen molar-refractivity contribution < 1.29 is 8.78 Å². The molecule has 0 aliphatic heterocycles. The Morgan fingerprint density at radius 1 is 1.30 bits per heavy atom. The number of hydrogen-bond donors (Lipinski definition) is 1.